The van der Waals surface area contributed by atoms with Crippen molar-refractivity contribution in [3.05, 3.63) is 0 Å². The van der Waals surface area contributed by atoms with Gasteiger partial charge in [0.2, 0.25) is 0 Å². The van der Waals surface area contributed by atoms with Gasteiger partial charge < -0.3 is 10.4 Å². The first kappa shape index (κ1) is 14.4. The Balaban J connectivity index is 0.000000423. The van der Waals surface area contributed by atoms with Crippen molar-refractivity contribution in [3.63, 3.8) is 0 Å². The highest BCUT2D eigenvalue weighted by Gasteiger charge is 2.13. The molecule has 1 saturated carbocycles. The fourth-order valence-electron chi connectivity index (χ4n) is 1.82. The van der Waals surface area contributed by atoms with Gasteiger partial charge in [0, 0.05) is 6.92 Å². The molecule has 0 radical (unpaired) electrons. The summed E-state index contributed by atoms with van der Waals surface area (Å²) in [6.07, 6.45) is 8.54. The number of aliphatic carboxylic acids is 1. The summed E-state index contributed by atoms with van der Waals surface area (Å²) in [5.74, 6) is 0.173. The molecule has 3 heteroatoms. The molecule has 0 aromatic rings. The Morgan fingerprint density at radius 1 is 1.40 bits per heavy atom. The molecule has 2 N–H and O–H groups in total. The standard InChI is InChI=1S/C10H21N.C2H4O2/c1-2-3-8-11-9-10-6-4-5-7-10;1-2(3)4/h10-11H,2-9H2,1H3;1H3,(H,3,4). The maximum atomic E-state index is 9.00. The van der Waals surface area contributed by atoms with Gasteiger partial charge in [-0.15, -0.1) is 0 Å². The molecule has 0 atom stereocenters. The molecule has 0 bridgehead atoms. The van der Waals surface area contributed by atoms with E-state index < -0.39 is 5.97 Å². The van der Waals surface area contributed by atoms with Crippen LogP contribution in [0.15, 0.2) is 0 Å². The third-order valence-electron chi connectivity index (χ3n) is 2.61. The molecule has 0 spiro atoms. The normalized spacial score (nSPS) is 15.9. The van der Waals surface area contributed by atoms with E-state index in [0.717, 1.165) is 12.8 Å². The summed E-state index contributed by atoms with van der Waals surface area (Å²) in [7, 11) is 0. The zero-order chi connectivity index (χ0) is 11.5. The molecule has 0 saturated heterocycles. The lowest BCUT2D eigenvalue weighted by Crippen LogP contribution is -2.22. The van der Waals surface area contributed by atoms with E-state index in [1.54, 1.807) is 0 Å². The number of carboxylic acids is 1. The molecule has 0 aromatic heterocycles. The number of unbranched alkanes of at least 4 members (excludes halogenated alkanes) is 1. The van der Waals surface area contributed by atoms with Crippen LogP contribution in [-0.2, 0) is 4.79 Å². The van der Waals surface area contributed by atoms with Gasteiger partial charge in [0.1, 0.15) is 0 Å². The van der Waals surface area contributed by atoms with E-state index in [4.69, 9.17) is 9.90 Å². The summed E-state index contributed by atoms with van der Waals surface area (Å²) in [4.78, 5) is 9.00. The summed E-state index contributed by atoms with van der Waals surface area (Å²) in [6, 6.07) is 0. The van der Waals surface area contributed by atoms with E-state index in [2.05, 4.69) is 12.2 Å². The summed E-state index contributed by atoms with van der Waals surface area (Å²) < 4.78 is 0. The monoisotopic (exact) mass is 215 g/mol. The fourth-order valence-corrected chi connectivity index (χ4v) is 1.82. The summed E-state index contributed by atoms with van der Waals surface area (Å²) >= 11 is 0. The number of nitrogens with one attached hydrogen (secondary N) is 1. The van der Waals surface area contributed by atoms with Gasteiger partial charge in [0.25, 0.3) is 5.97 Å². The SMILES string of the molecule is CC(=O)O.CCCCNCC1CCCC1. The topological polar surface area (TPSA) is 49.3 Å². The van der Waals surface area contributed by atoms with Crippen molar-refractivity contribution in [2.45, 2.75) is 52.4 Å². The average molecular weight is 215 g/mol. The Hall–Kier alpha value is -0.570. The van der Waals surface area contributed by atoms with Crippen LogP contribution in [0.25, 0.3) is 0 Å². The van der Waals surface area contributed by atoms with Crippen molar-refractivity contribution in [1.29, 1.82) is 0 Å². The number of carboxylic acid groups (broad SMARTS) is 1. The van der Waals surface area contributed by atoms with E-state index >= 15 is 0 Å². The molecule has 3 nitrogen and oxygen atoms in total. The quantitative estimate of drug-likeness (QED) is 0.693. The predicted octanol–water partition coefficient (Wildman–Crippen LogP) is 2.66. The number of hydrogen-bond donors (Lipinski definition) is 2. The highest BCUT2D eigenvalue weighted by atomic mass is 16.4. The zero-order valence-corrected chi connectivity index (χ0v) is 10.1. The average Bonchev–Trinajstić information content (AvgIpc) is 2.64. The van der Waals surface area contributed by atoms with Crippen LogP contribution in [0, 0.1) is 5.92 Å². The second-order valence-corrected chi connectivity index (χ2v) is 4.23. The van der Waals surface area contributed by atoms with Crippen LogP contribution in [0.3, 0.4) is 0 Å². The highest BCUT2D eigenvalue weighted by Crippen LogP contribution is 2.23. The third kappa shape index (κ3) is 11.4. The molecule has 0 amide bonds. The Labute approximate surface area is 93.3 Å². The largest absolute Gasteiger partial charge is 0.481 e. The molecule has 0 aliphatic heterocycles. The van der Waals surface area contributed by atoms with Crippen LogP contribution in [0.5, 0.6) is 0 Å². The van der Waals surface area contributed by atoms with E-state index in [9.17, 15) is 0 Å². The highest BCUT2D eigenvalue weighted by molar-refractivity contribution is 5.62. The van der Waals surface area contributed by atoms with Crippen LogP contribution >= 0.6 is 0 Å². The number of rotatable bonds is 5. The maximum Gasteiger partial charge on any atom is 0.300 e. The van der Waals surface area contributed by atoms with E-state index in [0.29, 0.717) is 0 Å². The van der Waals surface area contributed by atoms with Gasteiger partial charge >= 0.3 is 0 Å². The minimum absolute atomic E-state index is 0.833. The molecule has 1 aliphatic carbocycles. The summed E-state index contributed by atoms with van der Waals surface area (Å²) in [5.41, 5.74) is 0. The zero-order valence-electron chi connectivity index (χ0n) is 10.1. The Morgan fingerprint density at radius 2 is 1.93 bits per heavy atom. The molecule has 0 heterocycles. The van der Waals surface area contributed by atoms with Gasteiger partial charge in [-0.25, -0.2) is 0 Å². The van der Waals surface area contributed by atoms with Crippen LogP contribution in [-0.4, -0.2) is 24.2 Å². The second kappa shape index (κ2) is 9.97. The van der Waals surface area contributed by atoms with E-state index in [1.807, 2.05) is 0 Å². The first-order valence-corrected chi connectivity index (χ1v) is 6.07. The van der Waals surface area contributed by atoms with Gasteiger partial charge in [0.15, 0.2) is 0 Å². The molecule has 1 aliphatic rings. The maximum absolute atomic E-state index is 9.00. The van der Waals surface area contributed by atoms with Gasteiger partial charge in [-0.2, -0.15) is 0 Å². The molecule has 15 heavy (non-hydrogen) atoms. The smallest absolute Gasteiger partial charge is 0.300 e. The van der Waals surface area contributed by atoms with Gasteiger partial charge in [-0.1, -0.05) is 26.2 Å². The molecule has 90 valence electrons. The lowest BCUT2D eigenvalue weighted by Gasteiger charge is -2.09. The van der Waals surface area contributed by atoms with Crippen LogP contribution in [0.1, 0.15) is 52.4 Å². The predicted molar refractivity (Wildman–Crippen MR) is 63.0 cm³/mol. The molecular weight excluding hydrogens is 190 g/mol. The number of carbonyl (C=O) groups is 1. The van der Waals surface area contributed by atoms with Crippen molar-refractivity contribution < 1.29 is 9.90 Å². The third-order valence-corrected chi connectivity index (χ3v) is 2.61. The summed E-state index contributed by atoms with van der Waals surface area (Å²) in [6.45, 7) is 5.84. The van der Waals surface area contributed by atoms with Gasteiger partial charge in [0.05, 0.1) is 0 Å². The van der Waals surface area contributed by atoms with Crippen molar-refractivity contribution in [2.24, 2.45) is 5.92 Å². The first-order chi connectivity index (χ1) is 7.16. The van der Waals surface area contributed by atoms with Gasteiger partial charge in [-0.05, 0) is 38.3 Å². The van der Waals surface area contributed by atoms with Crippen LogP contribution < -0.4 is 5.32 Å². The summed E-state index contributed by atoms with van der Waals surface area (Å²) in [5, 5.41) is 10.9. The minimum atomic E-state index is -0.833. The van der Waals surface area contributed by atoms with E-state index in [1.165, 1.54) is 51.6 Å². The minimum Gasteiger partial charge on any atom is -0.481 e. The van der Waals surface area contributed by atoms with Gasteiger partial charge in [-0.3, -0.25) is 4.79 Å². The van der Waals surface area contributed by atoms with E-state index in [-0.39, 0.29) is 0 Å². The fraction of sp³-hybridized carbons (Fsp3) is 0.917. The Morgan fingerprint density at radius 3 is 2.40 bits per heavy atom. The second-order valence-electron chi connectivity index (χ2n) is 4.23. The molecule has 0 unspecified atom stereocenters. The molecule has 0 aromatic carbocycles. The van der Waals surface area contributed by atoms with Crippen molar-refractivity contribution in [2.75, 3.05) is 13.1 Å². The lowest BCUT2D eigenvalue weighted by molar-refractivity contribution is -0.134. The Bertz CT molecular complexity index is 150. The van der Waals surface area contributed by atoms with Crippen molar-refractivity contribution >= 4 is 5.97 Å². The molecule has 1 rings (SSSR count). The van der Waals surface area contributed by atoms with Crippen molar-refractivity contribution in [1.82, 2.24) is 5.32 Å². The number of hydrogen-bond acceptors (Lipinski definition) is 2. The van der Waals surface area contributed by atoms with Crippen molar-refractivity contribution in [3.8, 4) is 0 Å². The lowest BCUT2D eigenvalue weighted by atomic mass is 10.1. The van der Waals surface area contributed by atoms with Crippen LogP contribution in [0.4, 0.5) is 0 Å². The molecule has 1 fully saturated rings. The molecular formula is C12H25NO2. The Kier molecular flexibility index (Phi) is 9.59. The van der Waals surface area contributed by atoms with Crippen LogP contribution in [0.2, 0.25) is 0 Å². The first-order valence-electron chi connectivity index (χ1n) is 6.07.